The van der Waals surface area contributed by atoms with E-state index >= 15 is 0 Å². The SMILES string of the molecule is CC(C)(C)OC(=O)N1CCC2(CC1)CCN(S(=O)(=O)c1cc(C(N)=O)c(CC(=O)c3ccccc3F)s1)C2. The summed E-state index contributed by atoms with van der Waals surface area (Å²) < 4.78 is 47.9. The molecule has 0 atom stereocenters. The van der Waals surface area contributed by atoms with Gasteiger partial charge in [0.2, 0.25) is 5.91 Å². The number of nitrogens with zero attached hydrogens (tertiary/aromatic N) is 2. The van der Waals surface area contributed by atoms with Gasteiger partial charge in [0.1, 0.15) is 15.6 Å². The summed E-state index contributed by atoms with van der Waals surface area (Å²) in [6.45, 7) is 7.00. The van der Waals surface area contributed by atoms with E-state index in [0.717, 1.165) is 17.4 Å². The van der Waals surface area contributed by atoms with Crippen LogP contribution >= 0.6 is 11.3 Å². The van der Waals surface area contributed by atoms with Crippen LogP contribution in [-0.4, -0.2) is 67.2 Å². The Labute approximate surface area is 225 Å². The summed E-state index contributed by atoms with van der Waals surface area (Å²) in [4.78, 5) is 39.0. The maximum atomic E-state index is 14.1. The van der Waals surface area contributed by atoms with Gasteiger partial charge in [-0.1, -0.05) is 12.1 Å². The zero-order chi connectivity index (χ0) is 27.9. The lowest BCUT2D eigenvalue weighted by Gasteiger charge is -2.39. The number of sulfonamides is 1. The van der Waals surface area contributed by atoms with Gasteiger partial charge in [0.15, 0.2) is 5.78 Å². The van der Waals surface area contributed by atoms with Gasteiger partial charge in [0, 0.05) is 37.5 Å². The number of piperidine rings is 1. The standard InChI is InChI=1S/C26H32FN3O6S2/c1-25(2,3)36-24(33)29-11-8-26(9-12-29)10-13-30(16-26)38(34,35)22-14-18(23(28)32)21(37-22)15-20(31)17-6-4-5-7-19(17)27/h4-7,14H,8-13,15-16H2,1-3H3,(H2,28,32). The number of thiophene rings is 1. The third kappa shape index (κ3) is 5.92. The monoisotopic (exact) mass is 565 g/mol. The molecule has 1 spiro atoms. The Morgan fingerprint density at radius 1 is 1.08 bits per heavy atom. The molecule has 2 aliphatic heterocycles. The summed E-state index contributed by atoms with van der Waals surface area (Å²) in [5.41, 5.74) is 4.45. The quantitative estimate of drug-likeness (QED) is 0.531. The normalized spacial score (nSPS) is 18.1. The third-order valence-corrected chi connectivity index (χ3v) is 10.4. The van der Waals surface area contributed by atoms with Crippen LogP contribution in [-0.2, 0) is 21.2 Å². The Bertz CT molecular complexity index is 1360. The average Bonchev–Trinajstić information content (AvgIpc) is 3.44. The number of carbonyl (C=O) groups excluding carboxylic acids is 3. The van der Waals surface area contributed by atoms with Crippen LogP contribution < -0.4 is 5.73 Å². The summed E-state index contributed by atoms with van der Waals surface area (Å²) in [5.74, 6) is -2.12. The van der Waals surface area contributed by atoms with Crippen LogP contribution in [0.15, 0.2) is 34.5 Å². The van der Waals surface area contributed by atoms with E-state index < -0.39 is 33.1 Å². The highest BCUT2D eigenvalue weighted by Gasteiger charge is 2.46. The maximum absolute atomic E-state index is 14.1. The summed E-state index contributed by atoms with van der Waals surface area (Å²) in [6.07, 6.45) is 1.24. The number of rotatable bonds is 6. The number of hydrogen-bond acceptors (Lipinski definition) is 7. The minimum atomic E-state index is -3.96. The van der Waals surface area contributed by atoms with Crippen molar-refractivity contribution in [3.63, 3.8) is 0 Å². The van der Waals surface area contributed by atoms with Gasteiger partial charge in [-0.15, -0.1) is 11.3 Å². The molecule has 0 saturated carbocycles. The number of nitrogens with two attached hydrogens (primary N) is 1. The average molecular weight is 566 g/mol. The van der Waals surface area contributed by atoms with Crippen molar-refractivity contribution in [2.45, 2.75) is 56.3 Å². The first-order chi connectivity index (χ1) is 17.7. The number of hydrogen-bond donors (Lipinski definition) is 1. The molecule has 12 heteroatoms. The first kappa shape index (κ1) is 28.2. The lowest BCUT2D eigenvalue weighted by Crippen LogP contribution is -2.46. The number of amides is 2. The zero-order valence-electron chi connectivity index (χ0n) is 21.7. The van der Waals surface area contributed by atoms with E-state index in [2.05, 4.69) is 0 Å². The fourth-order valence-corrected chi connectivity index (χ4v) is 8.15. The minimum Gasteiger partial charge on any atom is -0.444 e. The van der Waals surface area contributed by atoms with Gasteiger partial charge < -0.3 is 15.4 Å². The molecular weight excluding hydrogens is 533 g/mol. The highest BCUT2D eigenvalue weighted by atomic mass is 32.2. The highest BCUT2D eigenvalue weighted by molar-refractivity contribution is 7.91. The Balaban J connectivity index is 1.48. The van der Waals surface area contributed by atoms with Gasteiger partial charge in [-0.3, -0.25) is 9.59 Å². The third-order valence-electron chi connectivity index (χ3n) is 7.02. The number of primary amides is 1. The van der Waals surface area contributed by atoms with Gasteiger partial charge in [-0.2, -0.15) is 4.31 Å². The summed E-state index contributed by atoms with van der Waals surface area (Å²) in [6, 6.07) is 6.69. The van der Waals surface area contributed by atoms with E-state index in [-0.39, 0.29) is 38.1 Å². The molecule has 1 aromatic heterocycles. The molecule has 2 aliphatic rings. The molecule has 0 bridgehead atoms. The number of benzene rings is 1. The Hall–Kier alpha value is -2.83. The summed E-state index contributed by atoms with van der Waals surface area (Å²) in [7, 11) is -3.96. The molecule has 2 amide bonds. The van der Waals surface area contributed by atoms with Gasteiger partial charge in [-0.25, -0.2) is 17.6 Å². The van der Waals surface area contributed by atoms with Gasteiger partial charge >= 0.3 is 6.09 Å². The number of carbonyl (C=O) groups is 3. The fraction of sp³-hybridized carbons (Fsp3) is 0.500. The van der Waals surface area contributed by atoms with Crippen LogP contribution in [0, 0.1) is 11.2 Å². The summed E-state index contributed by atoms with van der Waals surface area (Å²) >= 11 is 0.812. The molecule has 2 N–H and O–H groups in total. The molecule has 2 saturated heterocycles. The topological polar surface area (TPSA) is 127 Å². The predicted octanol–water partition coefficient (Wildman–Crippen LogP) is 3.82. The maximum Gasteiger partial charge on any atom is 0.410 e. The lowest BCUT2D eigenvalue weighted by molar-refractivity contribution is 0.0115. The molecule has 2 fully saturated rings. The van der Waals surface area contributed by atoms with Crippen molar-refractivity contribution in [2.75, 3.05) is 26.2 Å². The van der Waals surface area contributed by atoms with E-state index in [1.807, 2.05) is 20.8 Å². The van der Waals surface area contributed by atoms with Crippen molar-refractivity contribution in [1.82, 2.24) is 9.21 Å². The zero-order valence-corrected chi connectivity index (χ0v) is 23.3. The Morgan fingerprint density at radius 3 is 2.32 bits per heavy atom. The van der Waals surface area contributed by atoms with Crippen molar-refractivity contribution in [3.8, 4) is 0 Å². The van der Waals surface area contributed by atoms with Gasteiger partial charge in [0.25, 0.3) is 10.0 Å². The van der Waals surface area contributed by atoms with Crippen molar-refractivity contribution in [2.24, 2.45) is 11.1 Å². The number of Topliss-reactive ketones (excluding diaryl/α,β-unsaturated/α-hetero) is 1. The molecule has 38 heavy (non-hydrogen) atoms. The lowest BCUT2D eigenvalue weighted by atomic mass is 9.78. The molecule has 3 heterocycles. The molecular formula is C26H32FN3O6S2. The first-order valence-electron chi connectivity index (χ1n) is 12.4. The van der Waals surface area contributed by atoms with Gasteiger partial charge in [0.05, 0.1) is 11.1 Å². The number of likely N-dealkylation sites (tertiary alicyclic amines) is 1. The molecule has 9 nitrogen and oxygen atoms in total. The van der Waals surface area contributed by atoms with Crippen LogP contribution in [0.25, 0.3) is 0 Å². The molecule has 206 valence electrons. The second-order valence-corrected chi connectivity index (χ2v) is 14.2. The van der Waals surface area contributed by atoms with E-state index in [0.29, 0.717) is 45.4 Å². The Kier molecular flexibility index (Phi) is 7.70. The van der Waals surface area contributed by atoms with Crippen LogP contribution in [0.4, 0.5) is 9.18 Å². The van der Waals surface area contributed by atoms with Crippen molar-refractivity contribution >= 4 is 39.1 Å². The molecule has 1 aromatic carbocycles. The van der Waals surface area contributed by atoms with Crippen LogP contribution in [0.3, 0.4) is 0 Å². The van der Waals surface area contributed by atoms with Crippen LogP contribution in [0.1, 0.15) is 65.6 Å². The second-order valence-electron chi connectivity index (χ2n) is 10.9. The number of ether oxygens (including phenoxy) is 1. The Morgan fingerprint density at radius 2 is 1.71 bits per heavy atom. The smallest absolute Gasteiger partial charge is 0.410 e. The van der Waals surface area contributed by atoms with Crippen molar-refractivity contribution < 1.29 is 31.9 Å². The van der Waals surface area contributed by atoms with Crippen molar-refractivity contribution in [1.29, 1.82) is 0 Å². The number of ketones is 1. The molecule has 0 unspecified atom stereocenters. The molecule has 2 aromatic rings. The molecule has 0 aliphatic carbocycles. The number of halogens is 1. The van der Waals surface area contributed by atoms with Gasteiger partial charge in [-0.05, 0) is 63.6 Å². The minimum absolute atomic E-state index is 0.0576. The molecule has 4 rings (SSSR count). The van der Waals surface area contributed by atoms with Crippen LogP contribution in [0.5, 0.6) is 0 Å². The van der Waals surface area contributed by atoms with E-state index in [1.54, 1.807) is 4.90 Å². The van der Waals surface area contributed by atoms with E-state index in [4.69, 9.17) is 10.5 Å². The fourth-order valence-electron chi connectivity index (χ4n) is 4.92. The van der Waals surface area contributed by atoms with E-state index in [1.165, 1.54) is 28.6 Å². The molecule has 0 radical (unpaired) electrons. The summed E-state index contributed by atoms with van der Waals surface area (Å²) in [5, 5.41) is 0. The second kappa shape index (κ2) is 10.4. The largest absolute Gasteiger partial charge is 0.444 e. The van der Waals surface area contributed by atoms with Crippen molar-refractivity contribution in [3.05, 3.63) is 52.2 Å². The highest BCUT2D eigenvalue weighted by Crippen LogP contribution is 2.43. The first-order valence-corrected chi connectivity index (χ1v) is 14.6. The van der Waals surface area contributed by atoms with E-state index in [9.17, 15) is 27.2 Å². The van der Waals surface area contributed by atoms with Crippen LogP contribution in [0.2, 0.25) is 0 Å². The predicted molar refractivity (Wildman–Crippen MR) is 140 cm³/mol.